The van der Waals surface area contributed by atoms with Gasteiger partial charge >= 0.3 is 0 Å². The summed E-state index contributed by atoms with van der Waals surface area (Å²) >= 11 is 5.08. The van der Waals surface area contributed by atoms with Crippen LogP contribution < -0.4 is 20.9 Å². The molecule has 3 N–H and O–H groups in total. The van der Waals surface area contributed by atoms with Crippen LogP contribution in [0.3, 0.4) is 0 Å². The second-order valence-electron chi connectivity index (χ2n) is 6.65. The van der Waals surface area contributed by atoms with Crippen LogP contribution in [-0.2, 0) is 11.3 Å². The van der Waals surface area contributed by atoms with E-state index in [-0.39, 0.29) is 23.7 Å². The lowest BCUT2D eigenvalue weighted by molar-refractivity contribution is -0.122. The molecule has 0 fully saturated rings. The van der Waals surface area contributed by atoms with E-state index in [0.717, 1.165) is 10.9 Å². The number of carbonyl (C=O) groups excluding carboxylic acids is 2. The first-order valence-electron chi connectivity index (χ1n) is 9.13. The Hall–Kier alpha value is -3.39. The Morgan fingerprint density at radius 3 is 2.66 bits per heavy atom. The van der Waals surface area contributed by atoms with E-state index in [1.54, 1.807) is 24.3 Å². The van der Waals surface area contributed by atoms with E-state index in [9.17, 15) is 9.59 Å². The Kier molecular flexibility index (Phi) is 6.46. The molecule has 8 heteroatoms. The number of hydrogen-bond acceptors (Lipinski definition) is 4. The number of aromatic nitrogens is 1. The molecule has 0 atom stereocenters. The number of fused-ring (bicyclic) bond motifs is 1. The van der Waals surface area contributed by atoms with Gasteiger partial charge in [0.15, 0.2) is 5.11 Å². The van der Waals surface area contributed by atoms with Gasteiger partial charge in [-0.05, 0) is 61.8 Å². The van der Waals surface area contributed by atoms with Crippen LogP contribution in [-0.4, -0.2) is 27.6 Å². The number of amides is 2. The Morgan fingerprint density at radius 2 is 1.86 bits per heavy atom. The Bertz CT molecular complexity index is 1050. The molecule has 0 saturated heterocycles. The highest BCUT2D eigenvalue weighted by Crippen LogP contribution is 2.15. The van der Waals surface area contributed by atoms with Crippen LogP contribution in [0.15, 0.2) is 60.8 Å². The zero-order chi connectivity index (χ0) is 20.8. The first-order valence-corrected chi connectivity index (χ1v) is 9.54. The molecule has 2 aromatic carbocycles. The molecule has 0 unspecified atom stereocenters. The summed E-state index contributed by atoms with van der Waals surface area (Å²) in [5.41, 5.74) is 6.40. The van der Waals surface area contributed by atoms with Crippen molar-refractivity contribution >= 4 is 40.0 Å². The molecule has 1 heterocycles. The van der Waals surface area contributed by atoms with Gasteiger partial charge in [0.1, 0.15) is 12.3 Å². The normalized spacial score (nSPS) is 10.6. The summed E-state index contributed by atoms with van der Waals surface area (Å²) in [7, 11) is 0. The highest BCUT2D eigenvalue weighted by atomic mass is 32.1. The first kappa shape index (κ1) is 20.3. The predicted octanol–water partition coefficient (Wildman–Crippen LogP) is 2.76. The molecule has 0 aliphatic heterocycles. The molecular formula is C21H22N4O3S. The van der Waals surface area contributed by atoms with Crippen LogP contribution in [0.25, 0.3) is 10.9 Å². The lowest BCUT2D eigenvalue weighted by atomic mass is 10.2. The molecular weight excluding hydrogens is 388 g/mol. The van der Waals surface area contributed by atoms with Gasteiger partial charge in [0.2, 0.25) is 0 Å². The van der Waals surface area contributed by atoms with Crippen LogP contribution in [0, 0.1) is 0 Å². The topological polar surface area (TPSA) is 84.4 Å². The van der Waals surface area contributed by atoms with Gasteiger partial charge in [-0.1, -0.05) is 24.3 Å². The number of nitrogens with one attached hydrogen (secondary N) is 3. The maximum atomic E-state index is 12.3. The summed E-state index contributed by atoms with van der Waals surface area (Å²) in [6.07, 6.45) is 1.85. The summed E-state index contributed by atoms with van der Waals surface area (Å²) in [6.45, 7) is 3.93. The zero-order valence-electron chi connectivity index (χ0n) is 16.1. The average molecular weight is 410 g/mol. The van der Waals surface area contributed by atoms with Crippen LogP contribution in [0.5, 0.6) is 5.75 Å². The maximum Gasteiger partial charge on any atom is 0.258 e. The Morgan fingerprint density at radius 1 is 1.07 bits per heavy atom. The van der Waals surface area contributed by atoms with Gasteiger partial charge in [-0.15, -0.1) is 0 Å². The fourth-order valence-electron chi connectivity index (χ4n) is 2.79. The number of thiocarbonyl (C=S) groups is 1. The van der Waals surface area contributed by atoms with Crippen molar-refractivity contribution in [3.8, 4) is 5.75 Å². The summed E-state index contributed by atoms with van der Waals surface area (Å²) in [6, 6.07) is 16.5. The standard InChI is InChI=1S/C21H22N4O3S/c1-14(2)28-17-8-5-7-16(12-17)20(27)22-21(29)24-23-19(26)13-25-11-10-15-6-3-4-9-18(15)25/h3-12,14H,13H2,1-2H3,(H,23,26)(H2,22,24,27,29). The van der Waals surface area contributed by atoms with Crippen molar-refractivity contribution in [3.05, 3.63) is 66.4 Å². The van der Waals surface area contributed by atoms with Gasteiger partial charge in [0.05, 0.1) is 6.10 Å². The van der Waals surface area contributed by atoms with Gasteiger partial charge in [-0.25, -0.2) is 0 Å². The van der Waals surface area contributed by atoms with Gasteiger partial charge in [-0.3, -0.25) is 25.8 Å². The van der Waals surface area contributed by atoms with Crippen molar-refractivity contribution < 1.29 is 14.3 Å². The second kappa shape index (κ2) is 9.20. The van der Waals surface area contributed by atoms with Crippen molar-refractivity contribution in [2.24, 2.45) is 0 Å². The van der Waals surface area contributed by atoms with Crippen LogP contribution in [0.4, 0.5) is 0 Å². The molecule has 0 radical (unpaired) electrons. The minimum atomic E-state index is -0.401. The highest BCUT2D eigenvalue weighted by Gasteiger charge is 2.11. The van der Waals surface area contributed by atoms with E-state index in [1.165, 1.54) is 0 Å². The Balaban J connectivity index is 1.50. The van der Waals surface area contributed by atoms with E-state index < -0.39 is 5.91 Å². The largest absolute Gasteiger partial charge is 0.491 e. The highest BCUT2D eigenvalue weighted by molar-refractivity contribution is 7.80. The van der Waals surface area contributed by atoms with Crippen LogP contribution >= 0.6 is 12.2 Å². The number of benzene rings is 2. The number of hydrogen-bond donors (Lipinski definition) is 3. The lowest BCUT2D eigenvalue weighted by Crippen LogP contribution is -2.49. The third-order valence-electron chi connectivity index (χ3n) is 4.00. The molecule has 0 aliphatic rings. The van der Waals surface area contributed by atoms with Crippen LogP contribution in [0.2, 0.25) is 0 Å². The quantitative estimate of drug-likeness (QED) is 0.445. The SMILES string of the molecule is CC(C)Oc1cccc(C(=O)NC(=S)NNC(=O)Cn2ccc3ccccc32)c1. The van der Waals surface area contributed by atoms with Gasteiger partial charge in [0, 0.05) is 17.3 Å². The molecule has 0 aliphatic carbocycles. The monoisotopic (exact) mass is 410 g/mol. The van der Waals surface area contributed by atoms with E-state index in [1.807, 2.05) is 54.9 Å². The van der Waals surface area contributed by atoms with Crippen molar-refractivity contribution in [2.45, 2.75) is 26.5 Å². The number of hydrazine groups is 1. The molecule has 3 aromatic rings. The molecule has 7 nitrogen and oxygen atoms in total. The number of carbonyl (C=O) groups is 2. The van der Waals surface area contributed by atoms with Gasteiger partial charge in [0.25, 0.3) is 11.8 Å². The second-order valence-corrected chi connectivity index (χ2v) is 7.06. The fourth-order valence-corrected chi connectivity index (χ4v) is 2.93. The lowest BCUT2D eigenvalue weighted by Gasteiger charge is -2.13. The first-order chi connectivity index (χ1) is 13.9. The average Bonchev–Trinajstić information content (AvgIpc) is 3.09. The summed E-state index contributed by atoms with van der Waals surface area (Å²) in [5, 5.41) is 3.58. The summed E-state index contributed by atoms with van der Waals surface area (Å²) in [5.74, 6) is -0.101. The summed E-state index contributed by atoms with van der Waals surface area (Å²) < 4.78 is 7.41. The molecule has 150 valence electrons. The number of nitrogens with zero attached hydrogens (tertiary/aromatic N) is 1. The van der Waals surface area contributed by atoms with Crippen molar-refractivity contribution in [1.29, 1.82) is 0 Å². The smallest absolute Gasteiger partial charge is 0.258 e. The Labute approximate surface area is 174 Å². The van der Waals surface area contributed by atoms with Gasteiger partial charge < -0.3 is 9.30 Å². The van der Waals surface area contributed by atoms with Gasteiger partial charge in [-0.2, -0.15) is 0 Å². The molecule has 29 heavy (non-hydrogen) atoms. The fraction of sp³-hybridized carbons (Fsp3) is 0.190. The third-order valence-corrected chi connectivity index (χ3v) is 4.21. The van der Waals surface area contributed by atoms with E-state index in [0.29, 0.717) is 11.3 Å². The van der Waals surface area contributed by atoms with Crippen molar-refractivity contribution in [2.75, 3.05) is 0 Å². The molecule has 0 spiro atoms. The minimum Gasteiger partial charge on any atom is -0.491 e. The number of para-hydroxylation sites is 1. The molecule has 3 rings (SSSR count). The molecule has 1 aromatic heterocycles. The predicted molar refractivity (Wildman–Crippen MR) is 115 cm³/mol. The van der Waals surface area contributed by atoms with Crippen molar-refractivity contribution in [1.82, 2.24) is 20.7 Å². The van der Waals surface area contributed by atoms with E-state index in [2.05, 4.69) is 16.2 Å². The van der Waals surface area contributed by atoms with Crippen molar-refractivity contribution in [3.63, 3.8) is 0 Å². The minimum absolute atomic E-state index is 0.00341. The molecule has 0 bridgehead atoms. The number of ether oxygens (including phenoxy) is 1. The molecule has 2 amide bonds. The van der Waals surface area contributed by atoms with Crippen LogP contribution in [0.1, 0.15) is 24.2 Å². The van der Waals surface area contributed by atoms with E-state index in [4.69, 9.17) is 17.0 Å². The third kappa shape index (κ3) is 5.55. The maximum absolute atomic E-state index is 12.3. The number of rotatable bonds is 5. The molecule has 0 saturated carbocycles. The van der Waals surface area contributed by atoms with E-state index >= 15 is 0 Å². The zero-order valence-corrected chi connectivity index (χ0v) is 17.0. The summed E-state index contributed by atoms with van der Waals surface area (Å²) in [4.78, 5) is 24.5.